The summed E-state index contributed by atoms with van der Waals surface area (Å²) in [6.07, 6.45) is 0. The van der Waals surface area contributed by atoms with Crippen LogP contribution in [0.15, 0.2) is 0 Å². The maximum Gasteiger partial charge on any atom is 0.156 e. The first-order valence-electron chi connectivity index (χ1n) is 5.85. The molecule has 0 radical (unpaired) electrons. The molecule has 0 aliphatic rings. The van der Waals surface area contributed by atoms with Gasteiger partial charge >= 0.3 is 0 Å². The number of ketones is 1. The molecular formula is C12H26N2O. The standard InChI is InChI=1S/C12H26N2O/c1-7-13-9(3)10(14-8-2)11(15)12(4,5)6/h9-10,13-14H,7-8H2,1-6H3. The molecule has 0 aromatic carbocycles. The zero-order chi connectivity index (χ0) is 12.1. The lowest BCUT2D eigenvalue weighted by atomic mass is 9.84. The quantitative estimate of drug-likeness (QED) is 0.705. The average Bonchev–Trinajstić information content (AvgIpc) is 2.12. The second-order valence-electron chi connectivity index (χ2n) is 5.00. The van der Waals surface area contributed by atoms with E-state index in [1.54, 1.807) is 0 Å². The molecule has 0 heterocycles. The van der Waals surface area contributed by atoms with Crippen LogP contribution in [0.3, 0.4) is 0 Å². The average molecular weight is 214 g/mol. The van der Waals surface area contributed by atoms with Gasteiger partial charge in [0.1, 0.15) is 0 Å². The van der Waals surface area contributed by atoms with Crippen LogP contribution in [-0.2, 0) is 4.79 Å². The second kappa shape index (κ2) is 6.23. The molecule has 0 aromatic rings. The molecular weight excluding hydrogens is 188 g/mol. The van der Waals surface area contributed by atoms with Crippen LogP contribution in [0.1, 0.15) is 41.5 Å². The van der Waals surface area contributed by atoms with E-state index >= 15 is 0 Å². The van der Waals surface area contributed by atoms with Crippen molar-refractivity contribution in [3.8, 4) is 0 Å². The predicted molar refractivity (Wildman–Crippen MR) is 65.1 cm³/mol. The molecule has 2 unspecified atom stereocenters. The maximum atomic E-state index is 12.2. The summed E-state index contributed by atoms with van der Waals surface area (Å²) in [6, 6.07) is 0.0941. The van der Waals surface area contributed by atoms with Gasteiger partial charge in [0.15, 0.2) is 5.78 Å². The lowest BCUT2D eigenvalue weighted by Crippen LogP contribution is -2.54. The fourth-order valence-electron chi connectivity index (χ4n) is 1.62. The van der Waals surface area contributed by atoms with Crippen molar-refractivity contribution in [1.82, 2.24) is 10.6 Å². The van der Waals surface area contributed by atoms with Gasteiger partial charge in [-0.1, -0.05) is 34.6 Å². The summed E-state index contributed by atoms with van der Waals surface area (Å²) in [6.45, 7) is 13.8. The van der Waals surface area contributed by atoms with Gasteiger partial charge in [0, 0.05) is 11.5 Å². The molecule has 0 saturated heterocycles. The Morgan fingerprint density at radius 2 is 1.60 bits per heavy atom. The highest BCUT2D eigenvalue weighted by atomic mass is 16.1. The molecule has 0 rings (SSSR count). The number of nitrogens with one attached hydrogen (secondary N) is 2. The first-order valence-corrected chi connectivity index (χ1v) is 5.85. The Bertz CT molecular complexity index is 196. The molecule has 0 amide bonds. The molecule has 0 fully saturated rings. The van der Waals surface area contributed by atoms with E-state index < -0.39 is 0 Å². The Morgan fingerprint density at radius 1 is 1.13 bits per heavy atom. The highest BCUT2D eigenvalue weighted by Crippen LogP contribution is 2.18. The van der Waals surface area contributed by atoms with Crippen LogP contribution in [0, 0.1) is 5.41 Å². The Kier molecular flexibility index (Phi) is 6.06. The molecule has 0 aromatic heterocycles. The van der Waals surface area contributed by atoms with Crippen molar-refractivity contribution in [3.05, 3.63) is 0 Å². The fraction of sp³-hybridized carbons (Fsp3) is 0.917. The van der Waals surface area contributed by atoms with Gasteiger partial charge in [0.2, 0.25) is 0 Å². The smallest absolute Gasteiger partial charge is 0.156 e. The third kappa shape index (κ3) is 4.76. The van der Waals surface area contributed by atoms with Crippen molar-refractivity contribution in [2.45, 2.75) is 53.6 Å². The molecule has 0 aliphatic carbocycles. The van der Waals surface area contributed by atoms with Crippen LogP contribution in [0.25, 0.3) is 0 Å². The monoisotopic (exact) mass is 214 g/mol. The minimum Gasteiger partial charge on any atom is -0.313 e. The molecule has 0 aliphatic heterocycles. The molecule has 3 nitrogen and oxygen atoms in total. The van der Waals surface area contributed by atoms with Gasteiger partial charge in [-0.15, -0.1) is 0 Å². The van der Waals surface area contributed by atoms with Crippen molar-refractivity contribution in [3.63, 3.8) is 0 Å². The van der Waals surface area contributed by atoms with Crippen LogP contribution in [0.5, 0.6) is 0 Å². The normalized spacial score (nSPS) is 16.1. The Balaban J connectivity index is 4.58. The van der Waals surface area contributed by atoms with Crippen molar-refractivity contribution in [2.75, 3.05) is 13.1 Å². The van der Waals surface area contributed by atoms with E-state index in [0.29, 0.717) is 0 Å². The van der Waals surface area contributed by atoms with E-state index in [1.807, 2.05) is 27.7 Å². The number of likely N-dealkylation sites (N-methyl/N-ethyl adjacent to an activating group) is 2. The second-order valence-corrected chi connectivity index (χ2v) is 5.00. The third-order valence-corrected chi connectivity index (χ3v) is 2.47. The van der Waals surface area contributed by atoms with Crippen LogP contribution in [0.2, 0.25) is 0 Å². The van der Waals surface area contributed by atoms with Crippen molar-refractivity contribution >= 4 is 5.78 Å². The van der Waals surface area contributed by atoms with Gasteiger partial charge < -0.3 is 10.6 Å². The van der Waals surface area contributed by atoms with E-state index in [2.05, 4.69) is 24.5 Å². The van der Waals surface area contributed by atoms with Crippen LogP contribution >= 0.6 is 0 Å². The van der Waals surface area contributed by atoms with Gasteiger partial charge in [-0.3, -0.25) is 4.79 Å². The number of hydrogen-bond donors (Lipinski definition) is 2. The largest absolute Gasteiger partial charge is 0.313 e. The SMILES string of the molecule is CCNC(C)C(NCC)C(=O)C(C)(C)C. The lowest BCUT2D eigenvalue weighted by Gasteiger charge is -2.30. The Hall–Kier alpha value is -0.410. The number of carbonyl (C=O) groups is 1. The topological polar surface area (TPSA) is 41.1 Å². The number of carbonyl (C=O) groups excluding carboxylic acids is 1. The van der Waals surface area contributed by atoms with E-state index in [4.69, 9.17) is 0 Å². The molecule has 0 bridgehead atoms. The summed E-state index contributed by atoms with van der Waals surface area (Å²) in [7, 11) is 0. The van der Waals surface area contributed by atoms with Crippen molar-refractivity contribution in [2.24, 2.45) is 5.41 Å². The summed E-state index contributed by atoms with van der Waals surface area (Å²) in [5.41, 5.74) is -0.281. The Morgan fingerprint density at radius 3 is 1.93 bits per heavy atom. The van der Waals surface area contributed by atoms with Crippen LogP contribution < -0.4 is 10.6 Å². The molecule has 3 heteroatoms. The van der Waals surface area contributed by atoms with Gasteiger partial charge in [-0.25, -0.2) is 0 Å². The molecule has 90 valence electrons. The van der Waals surface area contributed by atoms with Crippen molar-refractivity contribution < 1.29 is 4.79 Å². The summed E-state index contributed by atoms with van der Waals surface area (Å²) < 4.78 is 0. The molecule has 2 N–H and O–H groups in total. The summed E-state index contributed by atoms with van der Waals surface area (Å²) in [5.74, 6) is 0.276. The number of hydrogen-bond acceptors (Lipinski definition) is 3. The van der Waals surface area contributed by atoms with Crippen molar-refractivity contribution in [1.29, 1.82) is 0 Å². The Labute approximate surface area is 94.0 Å². The fourth-order valence-corrected chi connectivity index (χ4v) is 1.62. The summed E-state index contributed by atoms with van der Waals surface area (Å²) in [4.78, 5) is 12.2. The van der Waals surface area contributed by atoms with Gasteiger partial charge in [-0.05, 0) is 20.0 Å². The number of Topliss-reactive ketones (excluding diaryl/α,β-unsaturated/α-hetero) is 1. The van der Waals surface area contributed by atoms with E-state index in [9.17, 15) is 4.79 Å². The highest BCUT2D eigenvalue weighted by Gasteiger charge is 2.32. The summed E-state index contributed by atoms with van der Waals surface area (Å²) in [5, 5.41) is 6.56. The molecule has 0 spiro atoms. The molecule has 0 saturated carbocycles. The minimum absolute atomic E-state index is 0.0880. The van der Waals surface area contributed by atoms with Gasteiger partial charge in [-0.2, -0.15) is 0 Å². The van der Waals surface area contributed by atoms with E-state index in [1.165, 1.54) is 0 Å². The zero-order valence-corrected chi connectivity index (χ0v) is 11.0. The first kappa shape index (κ1) is 14.6. The van der Waals surface area contributed by atoms with E-state index in [0.717, 1.165) is 13.1 Å². The molecule has 15 heavy (non-hydrogen) atoms. The van der Waals surface area contributed by atoms with Crippen LogP contribution in [0.4, 0.5) is 0 Å². The third-order valence-electron chi connectivity index (χ3n) is 2.47. The lowest BCUT2D eigenvalue weighted by molar-refractivity contribution is -0.129. The van der Waals surface area contributed by atoms with Crippen LogP contribution in [-0.4, -0.2) is 31.0 Å². The maximum absolute atomic E-state index is 12.2. The van der Waals surface area contributed by atoms with E-state index in [-0.39, 0.29) is 23.3 Å². The minimum atomic E-state index is -0.281. The first-order chi connectivity index (χ1) is 6.84. The molecule has 2 atom stereocenters. The van der Waals surface area contributed by atoms with Gasteiger partial charge in [0.25, 0.3) is 0 Å². The highest BCUT2D eigenvalue weighted by molar-refractivity contribution is 5.89. The predicted octanol–water partition coefficient (Wildman–Crippen LogP) is 1.58. The number of rotatable bonds is 6. The van der Waals surface area contributed by atoms with Gasteiger partial charge in [0.05, 0.1) is 6.04 Å². The zero-order valence-electron chi connectivity index (χ0n) is 11.0. The summed E-state index contributed by atoms with van der Waals surface area (Å²) >= 11 is 0.